The van der Waals surface area contributed by atoms with E-state index in [1.165, 1.54) is 11.4 Å². The average molecular weight is 368 g/mol. The number of carbonyl (C=O) groups excluding carboxylic acids is 1. The van der Waals surface area contributed by atoms with Gasteiger partial charge in [-0.1, -0.05) is 26.0 Å². The van der Waals surface area contributed by atoms with E-state index in [1.54, 1.807) is 31.3 Å². The fourth-order valence-corrected chi connectivity index (χ4v) is 4.03. The standard InChI is InChI=1S/C18H28N2O4S/c1-13(2)16(19)9-12-20(3)25(22,23)15-7-5-14(6-8-15)18(10-11-18)17(21)24-4/h5-8,13,16H,9-12,19H2,1-4H3. The third-order valence-corrected chi connectivity index (χ3v) is 6.95. The molecule has 140 valence electrons. The maximum Gasteiger partial charge on any atom is 0.316 e. The molecule has 1 fully saturated rings. The minimum absolute atomic E-state index is 0.0326. The summed E-state index contributed by atoms with van der Waals surface area (Å²) in [6.45, 7) is 4.41. The van der Waals surface area contributed by atoms with Gasteiger partial charge in [-0.15, -0.1) is 0 Å². The molecule has 0 bridgehead atoms. The molecule has 1 aromatic carbocycles. The zero-order valence-corrected chi connectivity index (χ0v) is 16.2. The molecule has 1 atom stereocenters. The van der Waals surface area contributed by atoms with E-state index < -0.39 is 15.4 Å². The Kier molecular flexibility index (Phi) is 5.91. The van der Waals surface area contributed by atoms with Gasteiger partial charge in [0.1, 0.15) is 0 Å². The molecule has 1 aliphatic carbocycles. The predicted molar refractivity (Wildman–Crippen MR) is 96.6 cm³/mol. The van der Waals surface area contributed by atoms with E-state index in [2.05, 4.69) is 0 Å². The van der Waals surface area contributed by atoms with E-state index in [-0.39, 0.29) is 16.9 Å². The molecule has 2 N–H and O–H groups in total. The predicted octanol–water partition coefficient (Wildman–Crippen LogP) is 1.89. The number of hydrogen-bond acceptors (Lipinski definition) is 5. The molecule has 0 heterocycles. The van der Waals surface area contributed by atoms with Gasteiger partial charge in [0.05, 0.1) is 17.4 Å². The van der Waals surface area contributed by atoms with Gasteiger partial charge in [-0.25, -0.2) is 12.7 Å². The van der Waals surface area contributed by atoms with Gasteiger partial charge in [0, 0.05) is 19.6 Å². The summed E-state index contributed by atoms with van der Waals surface area (Å²) in [5.41, 5.74) is 6.22. The highest BCUT2D eigenvalue weighted by Crippen LogP contribution is 2.49. The molecule has 1 aliphatic rings. The molecule has 7 heteroatoms. The van der Waals surface area contributed by atoms with Gasteiger partial charge in [0.25, 0.3) is 0 Å². The van der Waals surface area contributed by atoms with Crippen molar-refractivity contribution in [1.29, 1.82) is 0 Å². The molecule has 0 amide bonds. The number of nitrogens with zero attached hydrogens (tertiary/aromatic N) is 1. The van der Waals surface area contributed by atoms with E-state index in [1.807, 2.05) is 13.8 Å². The summed E-state index contributed by atoms with van der Waals surface area (Å²) in [7, 11) is -0.631. The molecule has 1 saturated carbocycles. The highest BCUT2D eigenvalue weighted by molar-refractivity contribution is 7.89. The van der Waals surface area contributed by atoms with Crippen molar-refractivity contribution in [3.8, 4) is 0 Å². The van der Waals surface area contributed by atoms with E-state index in [4.69, 9.17) is 10.5 Å². The first kappa shape index (κ1) is 19.9. The molecular formula is C18H28N2O4S. The molecule has 2 rings (SSSR count). The van der Waals surface area contributed by atoms with Crippen molar-refractivity contribution < 1.29 is 17.9 Å². The number of methoxy groups -OCH3 is 1. The molecule has 0 aliphatic heterocycles. The summed E-state index contributed by atoms with van der Waals surface area (Å²) < 4.78 is 31.5. The zero-order chi connectivity index (χ0) is 18.8. The second kappa shape index (κ2) is 7.43. The normalized spacial score (nSPS) is 17.6. The summed E-state index contributed by atoms with van der Waals surface area (Å²) in [6.07, 6.45) is 2.08. The van der Waals surface area contributed by atoms with Crippen molar-refractivity contribution in [1.82, 2.24) is 4.31 Å². The molecule has 0 aromatic heterocycles. The smallest absolute Gasteiger partial charge is 0.316 e. The molecule has 6 nitrogen and oxygen atoms in total. The third kappa shape index (κ3) is 4.04. The Morgan fingerprint density at radius 3 is 2.28 bits per heavy atom. The van der Waals surface area contributed by atoms with Crippen LogP contribution >= 0.6 is 0 Å². The largest absolute Gasteiger partial charge is 0.468 e. The molecule has 1 unspecified atom stereocenters. The summed E-state index contributed by atoms with van der Waals surface area (Å²) in [5, 5.41) is 0. The maximum atomic E-state index is 12.7. The highest BCUT2D eigenvalue weighted by atomic mass is 32.2. The first-order valence-corrected chi connectivity index (χ1v) is 10.00. The SMILES string of the molecule is COC(=O)C1(c2ccc(S(=O)(=O)N(C)CCC(N)C(C)C)cc2)CC1. The highest BCUT2D eigenvalue weighted by Gasteiger charge is 2.52. The Hall–Kier alpha value is -1.44. The monoisotopic (exact) mass is 368 g/mol. The van der Waals surface area contributed by atoms with Gasteiger partial charge in [-0.2, -0.15) is 0 Å². The van der Waals surface area contributed by atoms with Crippen LogP contribution in [0.5, 0.6) is 0 Å². The van der Waals surface area contributed by atoms with E-state index >= 15 is 0 Å². The fourth-order valence-electron chi connectivity index (χ4n) is 2.84. The second-order valence-electron chi connectivity index (χ2n) is 7.12. The van der Waals surface area contributed by atoms with Crippen LogP contribution in [-0.2, 0) is 25.0 Å². The second-order valence-corrected chi connectivity index (χ2v) is 9.17. The van der Waals surface area contributed by atoms with Crippen LogP contribution in [0.3, 0.4) is 0 Å². The topological polar surface area (TPSA) is 89.7 Å². The van der Waals surface area contributed by atoms with Crippen LogP contribution in [0.1, 0.15) is 38.7 Å². The first-order chi connectivity index (χ1) is 11.6. The Bertz CT molecular complexity index is 709. The number of rotatable bonds is 8. The first-order valence-electron chi connectivity index (χ1n) is 8.56. The molecule has 1 aromatic rings. The summed E-state index contributed by atoms with van der Waals surface area (Å²) >= 11 is 0. The van der Waals surface area contributed by atoms with Crippen LogP contribution in [0, 0.1) is 5.92 Å². The quantitative estimate of drug-likeness (QED) is 0.708. The van der Waals surface area contributed by atoms with Gasteiger partial charge in [-0.05, 0) is 42.9 Å². The number of hydrogen-bond donors (Lipinski definition) is 1. The Morgan fingerprint density at radius 2 is 1.84 bits per heavy atom. The van der Waals surface area contributed by atoms with Crippen LogP contribution in [0.15, 0.2) is 29.2 Å². The number of carbonyl (C=O) groups is 1. The molecule has 0 radical (unpaired) electrons. The molecule has 0 saturated heterocycles. The van der Waals surface area contributed by atoms with Gasteiger partial charge in [0.15, 0.2) is 0 Å². The Labute approximate surface area is 150 Å². The number of esters is 1. The lowest BCUT2D eigenvalue weighted by molar-refractivity contribution is -0.143. The van der Waals surface area contributed by atoms with Crippen LogP contribution in [0.2, 0.25) is 0 Å². The van der Waals surface area contributed by atoms with E-state index in [9.17, 15) is 13.2 Å². The zero-order valence-electron chi connectivity index (χ0n) is 15.4. The van der Waals surface area contributed by atoms with Crippen molar-refractivity contribution in [2.24, 2.45) is 11.7 Å². The minimum atomic E-state index is -3.57. The number of sulfonamides is 1. The van der Waals surface area contributed by atoms with Crippen molar-refractivity contribution in [3.05, 3.63) is 29.8 Å². The fraction of sp³-hybridized carbons (Fsp3) is 0.611. The van der Waals surface area contributed by atoms with Crippen LogP contribution < -0.4 is 5.73 Å². The van der Waals surface area contributed by atoms with Crippen molar-refractivity contribution in [3.63, 3.8) is 0 Å². The summed E-state index contributed by atoms with van der Waals surface area (Å²) in [4.78, 5) is 12.1. The molecular weight excluding hydrogens is 340 g/mol. The number of nitrogens with two attached hydrogens (primary N) is 1. The lowest BCUT2D eigenvalue weighted by Crippen LogP contribution is -2.34. The van der Waals surface area contributed by atoms with Gasteiger partial charge >= 0.3 is 5.97 Å². The van der Waals surface area contributed by atoms with Crippen LogP contribution in [0.4, 0.5) is 0 Å². The van der Waals surface area contributed by atoms with Crippen LogP contribution in [0.25, 0.3) is 0 Å². The van der Waals surface area contributed by atoms with E-state index in [0.717, 1.165) is 18.4 Å². The van der Waals surface area contributed by atoms with Gasteiger partial charge in [-0.3, -0.25) is 4.79 Å². The molecule has 25 heavy (non-hydrogen) atoms. The van der Waals surface area contributed by atoms with E-state index in [0.29, 0.717) is 18.9 Å². The minimum Gasteiger partial charge on any atom is -0.468 e. The Morgan fingerprint density at radius 1 is 1.28 bits per heavy atom. The molecule has 0 spiro atoms. The number of ether oxygens (including phenoxy) is 1. The van der Waals surface area contributed by atoms with Crippen LogP contribution in [-0.4, -0.2) is 45.4 Å². The maximum absolute atomic E-state index is 12.7. The van der Waals surface area contributed by atoms with Gasteiger partial charge in [0.2, 0.25) is 10.0 Å². The van der Waals surface area contributed by atoms with Crippen molar-refractivity contribution in [2.75, 3.05) is 20.7 Å². The third-order valence-electron chi connectivity index (χ3n) is 5.07. The lowest BCUT2D eigenvalue weighted by Gasteiger charge is -2.21. The average Bonchev–Trinajstić information content (AvgIpc) is 3.40. The van der Waals surface area contributed by atoms with Crippen molar-refractivity contribution in [2.45, 2.75) is 49.5 Å². The van der Waals surface area contributed by atoms with Crippen molar-refractivity contribution >= 4 is 16.0 Å². The summed E-state index contributed by atoms with van der Waals surface area (Å²) in [6, 6.07) is 6.52. The Balaban J connectivity index is 2.11. The summed E-state index contributed by atoms with van der Waals surface area (Å²) in [5.74, 6) is 0.0475. The van der Waals surface area contributed by atoms with Gasteiger partial charge < -0.3 is 10.5 Å². The number of benzene rings is 1. The lowest BCUT2D eigenvalue weighted by atomic mass is 9.96.